The second-order valence-corrected chi connectivity index (χ2v) is 6.28. The van der Waals surface area contributed by atoms with Crippen molar-refractivity contribution in [1.29, 1.82) is 0 Å². The van der Waals surface area contributed by atoms with Gasteiger partial charge in [-0.3, -0.25) is 0 Å². The Balaban J connectivity index is 2.27. The summed E-state index contributed by atoms with van der Waals surface area (Å²) < 4.78 is 22.9. The van der Waals surface area contributed by atoms with Crippen molar-refractivity contribution in [2.45, 2.75) is 11.2 Å². The zero-order valence-corrected chi connectivity index (χ0v) is 9.31. The maximum atomic E-state index is 11.4. The normalized spacial score (nSPS) is 30.1. The van der Waals surface area contributed by atoms with E-state index in [0.29, 0.717) is 0 Å². The van der Waals surface area contributed by atoms with Crippen LogP contribution in [0.5, 0.6) is 0 Å². The van der Waals surface area contributed by atoms with Crippen molar-refractivity contribution in [3.05, 3.63) is 35.9 Å². The second-order valence-electron chi connectivity index (χ2n) is 4.08. The quantitative estimate of drug-likeness (QED) is 0.829. The standard InChI is InChI=1S/C11H14O3S/c1-15(13,14)11-9(7-12)10(11)8-5-3-2-4-6-8/h2-6,9-12H,7H2,1H3/t9-,10-,11-/m0/s1. The molecule has 1 saturated carbocycles. The lowest BCUT2D eigenvalue weighted by Gasteiger charge is -1.97. The minimum Gasteiger partial charge on any atom is -0.396 e. The Kier molecular flexibility index (Phi) is 2.56. The largest absolute Gasteiger partial charge is 0.396 e. The highest BCUT2D eigenvalue weighted by Gasteiger charge is 2.56. The molecule has 0 spiro atoms. The Hall–Kier alpha value is -0.870. The number of sulfone groups is 1. The lowest BCUT2D eigenvalue weighted by molar-refractivity contribution is 0.274. The van der Waals surface area contributed by atoms with Crippen LogP contribution in [0.2, 0.25) is 0 Å². The van der Waals surface area contributed by atoms with Crippen molar-refractivity contribution >= 4 is 9.84 Å². The van der Waals surface area contributed by atoms with Gasteiger partial charge in [0.05, 0.1) is 5.25 Å². The summed E-state index contributed by atoms with van der Waals surface area (Å²) in [5.41, 5.74) is 1.01. The lowest BCUT2D eigenvalue weighted by Crippen LogP contribution is -2.07. The van der Waals surface area contributed by atoms with Gasteiger partial charge in [0.1, 0.15) is 0 Å². The van der Waals surface area contributed by atoms with Gasteiger partial charge in [-0.2, -0.15) is 0 Å². The van der Waals surface area contributed by atoms with Gasteiger partial charge in [0.15, 0.2) is 9.84 Å². The van der Waals surface area contributed by atoms with Crippen LogP contribution in [0.15, 0.2) is 30.3 Å². The van der Waals surface area contributed by atoms with Gasteiger partial charge in [-0.25, -0.2) is 8.42 Å². The molecule has 0 unspecified atom stereocenters. The van der Waals surface area contributed by atoms with Crippen LogP contribution in [0.1, 0.15) is 11.5 Å². The molecule has 82 valence electrons. The van der Waals surface area contributed by atoms with E-state index in [0.717, 1.165) is 5.56 Å². The highest BCUT2D eigenvalue weighted by Crippen LogP contribution is 2.51. The molecule has 3 atom stereocenters. The molecule has 0 amide bonds. The number of aliphatic hydroxyl groups is 1. The average molecular weight is 226 g/mol. The van der Waals surface area contributed by atoms with Crippen molar-refractivity contribution in [2.24, 2.45) is 5.92 Å². The van der Waals surface area contributed by atoms with Gasteiger partial charge in [-0.1, -0.05) is 30.3 Å². The molecular formula is C11H14O3S. The zero-order chi connectivity index (χ0) is 11.1. The van der Waals surface area contributed by atoms with Crippen LogP contribution in [0.3, 0.4) is 0 Å². The predicted molar refractivity (Wildman–Crippen MR) is 58.4 cm³/mol. The molecule has 1 aromatic carbocycles. The molecule has 0 heterocycles. The SMILES string of the molecule is CS(=O)(=O)[C@H]1[C@@H](CO)[C@@H]1c1ccccc1. The summed E-state index contributed by atoms with van der Waals surface area (Å²) in [6, 6.07) is 9.51. The molecule has 15 heavy (non-hydrogen) atoms. The van der Waals surface area contributed by atoms with Crippen molar-refractivity contribution in [3.63, 3.8) is 0 Å². The van der Waals surface area contributed by atoms with E-state index in [1.165, 1.54) is 6.26 Å². The van der Waals surface area contributed by atoms with Crippen LogP contribution < -0.4 is 0 Å². The molecular weight excluding hydrogens is 212 g/mol. The minimum atomic E-state index is -3.05. The van der Waals surface area contributed by atoms with E-state index in [9.17, 15) is 8.42 Å². The average Bonchev–Trinajstić information content (AvgIpc) is 2.92. The van der Waals surface area contributed by atoms with Crippen LogP contribution in [0.25, 0.3) is 0 Å². The molecule has 1 N–H and O–H groups in total. The van der Waals surface area contributed by atoms with Gasteiger partial charge in [-0.05, 0) is 5.56 Å². The van der Waals surface area contributed by atoms with Gasteiger partial charge in [0, 0.05) is 24.7 Å². The Labute approximate surface area is 89.7 Å². The summed E-state index contributed by atoms with van der Waals surface area (Å²) in [6.45, 7) is -0.0582. The number of aliphatic hydroxyl groups excluding tert-OH is 1. The third-order valence-electron chi connectivity index (χ3n) is 2.99. The van der Waals surface area contributed by atoms with Crippen LogP contribution in [-0.2, 0) is 9.84 Å². The molecule has 0 radical (unpaired) electrons. The summed E-state index contributed by atoms with van der Waals surface area (Å²) in [5, 5.41) is 8.71. The molecule has 1 aromatic rings. The first-order valence-corrected chi connectivity index (χ1v) is 6.86. The molecule has 4 heteroatoms. The van der Waals surface area contributed by atoms with Gasteiger partial charge < -0.3 is 5.11 Å². The third kappa shape index (κ3) is 1.92. The monoisotopic (exact) mass is 226 g/mol. The van der Waals surface area contributed by atoms with Crippen LogP contribution in [0, 0.1) is 5.92 Å². The van der Waals surface area contributed by atoms with Gasteiger partial charge >= 0.3 is 0 Å². The van der Waals surface area contributed by atoms with E-state index in [1.54, 1.807) is 0 Å². The summed E-state index contributed by atoms with van der Waals surface area (Å²) in [4.78, 5) is 0. The van der Waals surface area contributed by atoms with Crippen molar-refractivity contribution in [3.8, 4) is 0 Å². The fourth-order valence-corrected chi connectivity index (χ4v) is 3.95. The Morgan fingerprint density at radius 2 is 1.87 bits per heavy atom. The van der Waals surface area contributed by atoms with Crippen molar-refractivity contribution < 1.29 is 13.5 Å². The first kappa shape index (κ1) is 10.6. The number of rotatable bonds is 3. The van der Waals surface area contributed by atoms with Crippen LogP contribution in [-0.4, -0.2) is 31.6 Å². The molecule has 1 aliphatic rings. The number of hydrogen-bond acceptors (Lipinski definition) is 3. The molecule has 2 rings (SSSR count). The minimum absolute atomic E-state index is 0.0220. The van der Waals surface area contributed by atoms with Crippen LogP contribution >= 0.6 is 0 Å². The van der Waals surface area contributed by atoms with Gasteiger partial charge in [-0.15, -0.1) is 0 Å². The molecule has 3 nitrogen and oxygen atoms in total. The Morgan fingerprint density at radius 3 is 2.27 bits per heavy atom. The summed E-state index contributed by atoms with van der Waals surface area (Å²) in [7, 11) is -3.05. The van der Waals surface area contributed by atoms with E-state index in [2.05, 4.69) is 0 Å². The summed E-state index contributed by atoms with van der Waals surface area (Å²) in [5.74, 6) is -0.145. The number of hydrogen-bond donors (Lipinski definition) is 1. The third-order valence-corrected chi connectivity index (χ3v) is 4.62. The maximum absolute atomic E-state index is 11.4. The Morgan fingerprint density at radius 1 is 1.27 bits per heavy atom. The maximum Gasteiger partial charge on any atom is 0.151 e. The van der Waals surface area contributed by atoms with Gasteiger partial charge in [0.25, 0.3) is 0 Å². The van der Waals surface area contributed by atoms with E-state index in [4.69, 9.17) is 5.11 Å². The molecule has 0 aromatic heterocycles. The predicted octanol–water partition coefficient (Wildman–Crippen LogP) is 0.805. The lowest BCUT2D eigenvalue weighted by atomic mass is 10.1. The second kappa shape index (κ2) is 3.61. The highest BCUT2D eigenvalue weighted by atomic mass is 32.2. The molecule has 0 bridgehead atoms. The molecule has 1 aliphatic carbocycles. The topological polar surface area (TPSA) is 54.4 Å². The Bertz CT molecular complexity index is 438. The van der Waals surface area contributed by atoms with Crippen LogP contribution in [0.4, 0.5) is 0 Å². The summed E-state index contributed by atoms with van der Waals surface area (Å²) in [6.07, 6.45) is 1.24. The van der Waals surface area contributed by atoms with E-state index in [-0.39, 0.29) is 18.4 Å². The first-order valence-electron chi connectivity index (χ1n) is 4.90. The van der Waals surface area contributed by atoms with Crippen molar-refractivity contribution in [1.82, 2.24) is 0 Å². The molecule has 0 aliphatic heterocycles. The van der Waals surface area contributed by atoms with E-state index < -0.39 is 15.1 Å². The number of benzene rings is 1. The summed E-state index contributed by atoms with van der Waals surface area (Å²) >= 11 is 0. The van der Waals surface area contributed by atoms with Crippen molar-refractivity contribution in [2.75, 3.05) is 12.9 Å². The smallest absolute Gasteiger partial charge is 0.151 e. The van der Waals surface area contributed by atoms with E-state index in [1.807, 2.05) is 30.3 Å². The molecule has 0 saturated heterocycles. The van der Waals surface area contributed by atoms with E-state index >= 15 is 0 Å². The molecule has 1 fully saturated rings. The first-order chi connectivity index (χ1) is 7.05. The highest BCUT2D eigenvalue weighted by molar-refractivity contribution is 7.91. The fraction of sp³-hybridized carbons (Fsp3) is 0.455. The fourth-order valence-electron chi connectivity index (χ4n) is 2.26. The van der Waals surface area contributed by atoms with Gasteiger partial charge in [0.2, 0.25) is 0 Å². The zero-order valence-electron chi connectivity index (χ0n) is 8.50.